The van der Waals surface area contributed by atoms with E-state index in [1.54, 1.807) is 6.07 Å². The Kier molecular flexibility index (Phi) is 5.78. The predicted molar refractivity (Wildman–Crippen MR) is 68.7 cm³/mol. The Morgan fingerprint density at radius 1 is 1.44 bits per heavy atom. The molecule has 0 saturated heterocycles. The molecule has 0 aliphatic heterocycles. The summed E-state index contributed by atoms with van der Waals surface area (Å²) in [6.07, 6.45) is 0.380. The molecule has 0 spiro atoms. The SMILES string of the molecule is CCN(CCC(=O)OC)Cc1ccc(F)cc1C. The molecule has 0 saturated carbocycles. The third-order valence-electron chi connectivity index (χ3n) is 3.01. The standard InChI is InChI=1S/C14H20FNO2/c1-4-16(8-7-14(17)18-3)10-12-5-6-13(15)9-11(12)2/h5-6,9H,4,7-8,10H2,1-3H3. The van der Waals surface area contributed by atoms with E-state index >= 15 is 0 Å². The van der Waals surface area contributed by atoms with Crippen LogP contribution >= 0.6 is 0 Å². The Bertz CT molecular complexity index is 407. The Morgan fingerprint density at radius 2 is 2.17 bits per heavy atom. The largest absolute Gasteiger partial charge is 0.469 e. The highest BCUT2D eigenvalue weighted by molar-refractivity contribution is 5.69. The number of esters is 1. The maximum atomic E-state index is 13.0. The lowest BCUT2D eigenvalue weighted by Crippen LogP contribution is -2.26. The molecule has 0 N–H and O–H groups in total. The van der Waals surface area contributed by atoms with Gasteiger partial charge in [0.2, 0.25) is 0 Å². The quantitative estimate of drug-likeness (QED) is 0.730. The van der Waals surface area contributed by atoms with Crippen LogP contribution < -0.4 is 0 Å². The molecule has 0 atom stereocenters. The van der Waals surface area contributed by atoms with Crippen molar-refractivity contribution in [3.8, 4) is 0 Å². The molecule has 0 heterocycles. The van der Waals surface area contributed by atoms with Crippen molar-refractivity contribution in [2.24, 2.45) is 0 Å². The van der Waals surface area contributed by atoms with E-state index in [9.17, 15) is 9.18 Å². The fraction of sp³-hybridized carbons (Fsp3) is 0.500. The van der Waals surface area contributed by atoms with E-state index in [0.29, 0.717) is 13.0 Å². The summed E-state index contributed by atoms with van der Waals surface area (Å²) in [5, 5.41) is 0. The van der Waals surface area contributed by atoms with Crippen molar-refractivity contribution >= 4 is 5.97 Å². The maximum Gasteiger partial charge on any atom is 0.306 e. The molecule has 0 unspecified atom stereocenters. The summed E-state index contributed by atoms with van der Waals surface area (Å²) in [5.74, 6) is -0.418. The molecule has 1 aromatic rings. The molecule has 0 radical (unpaired) electrons. The van der Waals surface area contributed by atoms with Gasteiger partial charge in [-0.05, 0) is 36.7 Å². The number of rotatable bonds is 6. The van der Waals surface area contributed by atoms with Gasteiger partial charge in [0.25, 0.3) is 0 Å². The lowest BCUT2D eigenvalue weighted by atomic mass is 10.1. The number of halogens is 1. The summed E-state index contributed by atoms with van der Waals surface area (Å²) in [4.78, 5) is 13.2. The van der Waals surface area contributed by atoms with Crippen LogP contribution in [-0.4, -0.2) is 31.1 Å². The summed E-state index contributed by atoms with van der Waals surface area (Å²) >= 11 is 0. The van der Waals surface area contributed by atoms with Gasteiger partial charge in [-0.2, -0.15) is 0 Å². The minimum atomic E-state index is -0.214. The van der Waals surface area contributed by atoms with Crippen LogP contribution in [0.25, 0.3) is 0 Å². The number of hydrogen-bond acceptors (Lipinski definition) is 3. The zero-order valence-electron chi connectivity index (χ0n) is 11.2. The second-order valence-electron chi connectivity index (χ2n) is 4.27. The fourth-order valence-electron chi connectivity index (χ4n) is 1.78. The molecule has 0 aliphatic rings. The number of carbonyl (C=O) groups is 1. The minimum Gasteiger partial charge on any atom is -0.469 e. The van der Waals surface area contributed by atoms with Crippen LogP contribution in [0.3, 0.4) is 0 Å². The number of carbonyl (C=O) groups excluding carboxylic acids is 1. The number of methoxy groups -OCH3 is 1. The first-order valence-electron chi connectivity index (χ1n) is 6.11. The molecule has 1 rings (SSSR count). The number of nitrogens with zero attached hydrogens (tertiary/aromatic N) is 1. The van der Waals surface area contributed by atoms with Crippen molar-refractivity contribution in [3.63, 3.8) is 0 Å². The topological polar surface area (TPSA) is 29.5 Å². The molecular weight excluding hydrogens is 233 g/mol. The zero-order valence-corrected chi connectivity index (χ0v) is 11.2. The smallest absolute Gasteiger partial charge is 0.306 e. The first-order valence-corrected chi connectivity index (χ1v) is 6.11. The normalized spacial score (nSPS) is 10.7. The number of aryl methyl sites for hydroxylation is 1. The van der Waals surface area contributed by atoms with E-state index in [2.05, 4.69) is 9.64 Å². The molecule has 18 heavy (non-hydrogen) atoms. The molecule has 0 amide bonds. The first-order chi connectivity index (χ1) is 8.56. The van der Waals surface area contributed by atoms with Crippen LogP contribution in [0.1, 0.15) is 24.5 Å². The zero-order chi connectivity index (χ0) is 13.5. The highest BCUT2D eigenvalue weighted by atomic mass is 19.1. The number of hydrogen-bond donors (Lipinski definition) is 0. The summed E-state index contributed by atoms with van der Waals surface area (Å²) < 4.78 is 17.6. The Hall–Kier alpha value is -1.42. The maximum absolute atomic E-state index is 13.0. The minimum absolute atomic E-state index is 0.204. The van der Waals surface area contributed by atoms with Gasteiger partial charge in [-0.25, -0.2) is 4.39 Å². The molecule has 1 aromatic carbocycles. The average Bonchev–Trinajstić information content (AvgIpc) is 2.36. The monoisotopic (exact) mass is 253 g/mol. The number of ether oxygens (including phenoxy) is 1. The van der Waals surface area contributed by atoms with Gasteiger partial charge in [0.15, 0.2) is 0 Å². The van der Waals surface area contributed by atoms with Crippen molar-refractivity contribution in [2.45, 2.75) is 26.8 Å². The highest BCUT2D eigenvalue weighted by Gasteiger charge is 2.09. The van der Waals surface area contributed by atoms with Crippen molar-refractivity contribution in [2.75, 3.05) is 20.2 Å². The van der Waals surface area contributed by atoms with Gasteiger partial charge in [0.05, 0.1) is 13.5 Å². The van der Waals surface area contributed by atoms with Gasteiger partial charge in [0, 0.05) is 13.1 Å². The Labute approximate surface area is 108 Å². The van der Waals surface area contributed by atoms with Gasteiger partial charge in [-0.1, -0.05) is 13.0 Å². The molecule has 100 valence electrons. The third-order valence-corrected chi connectivity index (χ3v) is 3.01. The lowest BCUT2D eigenvalue weighted by molar-refractivity contribution is -0.141. The van der Waals surface area contributed by atoms with E-state index < -0.39 is 0 Å². The van der Waals surface area contributed by atoms with Crippen molar-refractivity contribution < 1.29 is 13.9 Å². The summed E-state index contributed by atoms with van der Waals surface area (Å²) in [7, 11) is 1.39. The van der Waals surface area contributed by atoms with Crippen molar-refractivity contribution in [1.82, 2.24) is 4.90 Å². The molecule has 0 fully saturated rings. The predicted octanol–water partition coefficient (Wildman–Crippen LogP) is 2.52. The summed E-state index contributed by atoms with van der Waals surface area (Å²) in [5.41, 5.74) is 2.02. The van der Waals surface area contributed by atoms with Crippen LogP contribution in [0, 0.1) is 12.7 Å². The van der Waals surface area contributed by atoms with Gasteiger partial charge in [-0.3, -0.25) is 9.69 Å². The van der Waals surface area contributed by atoms with Crippen molar-refractivity contribution in [3.05, 3.63) is 35.1 Å². The van der Waals surface area contributed by atoms with Gasteiger partial charge in [-0.15, -0.1) is 0 Å². The van der Waals surface area contributed by atoms with E-state index in [0.717, 1.165) is 24.2 Å². The van der Waals surface area contributed by atoms with Crippen molar-refractivity contribution in [1.29, 1.82) is 0 Å². The summed E-state index contributed by atoms with van der Waals surface area (Å²) in [6, 6.07) is 4.80. The third kappa shape index (κ3) is 4.45. The highest BCUT2D eigenvalue weighted by Crippen LogP contribution is 2.13. The average molecular weight is 253 g/mol. The van der Waals surface area contributed by atoms with E-state index in [1.807, 2.05) is 13.8 Å². The Balaban J connectivity index is 2.59. The van der Waals surface area contributed by atoms with Crippen LogP contribution in [0.15, 0.2) is 18.2 Å². The van der Waals surface area contributed by atoms with Crippen LogP contribution in [-0.2, 0) is 16.1 Å². The van der Waals surface area contributed by atoms with E-state index in [-0.39, 0.29) is 11.8 Å². The lowest BCUT2D eigenvalue weighted by Gasteiger charge is -2.20. The molecule has 4 heteroatoms. The molecular formula is C14H20FNO2. The van der Waals surface area contributed by atoms with E-state index in [1.165, 1.54) is 19.2 Å². The second kappa shape index (κ2) is 7.11. The van der Waals surface area contributed by atoms with E-state index in [4.69, 9.17) is 0 Å². The number of benzene rings is 1. The van der Waals surface area contributed by atoms with Crippen LogP contribution in [0.5, 0.6) is 0 Å². The molecule has 0 bridgehead atoms. The van der Waals surface area contributed by atoms with Gasteiger partial charge in [0.1, 0.15) is 5.82 Å². The van der Waals surface area contributed by atoms with Gasteiger partial charge < -0.3 is 4.74 Å². The van der Waals surface area contributed by atoms with Crippen LogP contribution in [0.2, 0.25) is 0 Å². The molecule has 0 aliphatic carbocycles. The van der Waals surface area contributed by atoms with Crippen LogP contribution in [0.4, 0.5) is 4.39 Å². The second-order valence-corrected chi connectivity index (χ2v) is 4.27. The molecule has 3 nitrogen and oxygen atoms in total. The Morgan fingerprint density at radius 3 is 2.72 bits per heavy atom. The molecule has 0 aromatic heterocycles. The fourth-order valence-corrected chi connectivity index (χ4v) is 1.78. The summed E-state index contributed by atoms with van der Waals surface area (Å²) in [6.45, 7) is 6.15. The van der Waals surface area contributed by atoms with Gasteiger partial charge >= 0.3 is 5.97 Å². The first kappa shape index (κ1) is 14.6.